The van der Waals surface area contributed by atoms with Gasteiger partial charge in [-0.1, -0.05) is 85.4 Å². The van der Waals surface area contributed by atoms with Crippen molar-refractivity contribution >= 4 is 22.0 Å². The Morgan fingerprint density at radius 3 is 2.00 bits per heavy atom. The highest BCUT2D eigenvalue weighted by Crippen LogP contribution is 2.30. The number of benzene rings is 3. The fourth-order valence-corrected chi connectivity index (χ4v) is 5.43. The summed E-state index contributed by atoms with van der Waals surface area (Å²) in [4.78, 5) is 24.7. The molecule has 3 aromatic carbocycles. The highest BCUT2D eigenvalue weighted by atomic mass is 32.2. The summed E-state index contributed by atoms with van der Waals surface area (Å²) in [5.74, 6) is -1.21. The van der Waals surface area contributed by atoms with Crippen molar-refractivity contribution in [3.63, 3.8) is 0 Å². The van der Waals surface area contributed by atoms with Crippen LogP contribution in [0, 0.1) is 0 Å². The normalized spacial score (nSPS) is 14.1. The van der Waals surface area contributed by atoms with E-state index in [9.17, 15) is 18.0 Å². The third kappa shape index (κ3) is 10.3. The number of esters is 2. The predicted octanol–water partition coefficient (Wildman–Crippen LogP) is 6.28. The molecule has 0 bridgehead atoms. The molecular weight excluding hydrogens is 566 g/mol. The van der Waals surface area contributed by atoms with Crippen molar-refractivity contribution in [1.82, 2.24) is 4.72 Å². The zero-order chi connectivity index (χ0) is 31.4. The molecule has 0 unspecified atom stereocenters. The minimum Gasteiger partial charge on any atom is -0.461 e. The third-order valence-electron chi connectivity index (χ3n) is 6.83. The van der Waals surface area contributed by atoms with Crippen LogP contribution < -0.4 is 4.72 Å². The summed E-state index contributed by atoms with van der Waals surface area (Å²) >= 11 is 0. The van der Waals surface area contributed by atoms with E-state index in [-0.39, 0.29) is 30.9 Å². The molecule has 0 saturated heterocycles. The van der Waals surface area contributed by atoms with Crippen molar-refractivity contribution in [2.24, 2.45) is 0 Å². The van der Waals surface area contributed by atoms with Gasteiger partial charge in [0.25, 0.3) is 0 Å². The fourth-order valence-electron chi connectivity index (χ4n) is 4.30. The van der Waals surface area contributed by atoms with Crippen LogP contribution in [0.4, 0.5) is 0 Å². The molecular formula is C34H39NO7S. The van der Waals surface area contributed by atoms with E-state index in [0.717, 1.165) is 11.1 Å². The van der Waals surface area contributed by atoms with Crippen LogP contribution in [0.25, 0.3) is 0 Å². The number of hydrogen-bond donors (Lipinski definition) is 1. The Morgan fingerprint density at radius 2 is 1.42 bits per heavy atom. The number of nitrogens with one attached hydrogen (secondary N) is 1. The van der Waals surface area contributed by atoms with Gasteiger partial charge in [-0.15, -0.1) is 0 Å². The van der Waals surface area contributed by atoms with Gasteiger partial charge in [0, 0.05) is 19.9 Å². The second-order valence-corrected chi connectivity index (χ2v) is 12.3. The molecule has 228 valence electrons. The standard InChI is InChI=1S/C34H39NO7S/c1-24(23-40-28(5)36)21-32(41-26(3)30-17-11-7-12-18-30)25(2)33(42-34(37)31-19-13-8-14-20-31)27(4)43(38,39)35-22-29-15-9-6-10-16-29/h6-20,26-27,32,35H,1,21-23H2,2-5H3/b33-25+/t26-,27-,32-/m0/s1. The summed E-state index contributed by atoms with van der Waals surface area (Å²) in [6.45, 7) is 10.4. The second kappa shape index (κ2) is 16.0. The smallest absolute Gasteiger partial charge is 0.343 e. The third-order valence-corrected chi connectivity index (χ3v) is 8.52. The molecule has 0 aromatic heterocycles. The quantitative estimate of drug-likeness (QED) is 0.123. The van der Waals surface area contributed by atoms with Crippen molar-refractivity contribution in [1.29, 1.82) is 0 Å². The molecule has 0 amide bonds. The van der Waals surface area contributed by atoms with Crippen molar-refractivity contribution < 1.29 is 32.2 Å². The molecule has 0 heterocycles. The summed E-state index contributed by atoms with van der Waals surface area (Å²) in [7, 11) is -4.03. The van der Waals surface area contributed by atoms with Gasteiger partial charge in [-0.2, -0.15) is 0 Å². The van der Waals surface area contributed by atoms with E-state index in [4.69, 9.17) is 14.2 Å². The maximum atomic E-state index is 13.6. The Hall–Kier alpha value is -4.05. The van der Waals surface area contributed by atoms with E-state index < -0.39 is 39.4 Å². The number of ether oxygens (including phenoxy) is 3. The minimum absolute atomic E-state index is 0.0339. The van der Waals surface area contributed by atoms with Crippen molar-refractivity contribution in [2.75, 3.05) is 6.61 Å². The summed E-state index contributed by atoms with van der Waals surface area (Å²) < 4.78 is 47.3. The zero-order valence-corrected chi connectivity index (χ0v) is 25.8. The van der Waals surface area contributed by atoms with Crippen LogP contribution in [0.5, 0.6) is 0 Å². The van der Waals surface area contributed by atoms with E-state index >= 15 is 0 Å². The largest absolute Gasteiger partial charge is 0.461 e. The van der Waals surface area contributed by atoms with E-state index in [0.29, 0.717) is 11.1 Å². The molecule has 0 spiro atoms. The van der Waals surface area contributed by atoms with Crippen LogP contribution in [0.15, 0.2) is 114 Å². The van der Waals surface area contributed by atoms with Crippen molar-refractivity contribution in [2.45, 2.75) is 58.1 Å². The molecule has 0 aliphatic heterocycles. The van der Waals surface area contributed by atoms with Crippen LogP contribution in [-0.4, -0.2) is 38.3 Å². The van der Waals surface area contributed by atoms with E-state index in [2.05, 4.69) is 11.3 Å². The van der Waals surface area contributed by atoms with E-state index in [1.807, 2.05) is 67.6 Å². The van der Waals surface area contributed by atoms with E-state index in [1.165, 1.54) is 13.8 Å². The molecule has 3 atom stereocenters. The van der Waals surface area contributed by atoms with Crippen LogP contribution in [0.3, 0.4) is 0 Å². The van der Waals surface area contributed by atoms with Gasteiger partial charge < -0.3 is 14.2 Å². The zero-order valence-electron chi connectivity index (χ0n) is 25.0. The van der Waals surface area contributed by atoms with Gasteiger partial charge in [0.15, 0.2) is 0 Å². The Bertz CT molecular complexity index is 1500. The summed E-state index contributed by atoms with van der Waals surface area (Å²) in [6.07, 6.45) is -0.979. The topological polar surface area (TPSA) is 108 Å². The maximum Gasteiger partial charge on any atom is 0.343 e. The van der Waals surface area contributed by atoms with Gasteiger partial charge in [0.2, 0.25) is 10.0 Å². The first-order chi connectivity index (χ1) is 20.5. The minimum atomic E-state index is -4.03. The summed E-state index contributed by atoms with van der Waals surface area (Å²) in [5.41, 5.74) is 2.89. The number of sulfonamides is 1. The first kappa shape index (κ1) is 33.5. The predicted molar refractivity (Wildman–Crippen MR) is 166 cm³/mol. The van der Waals surface area contributed by atoms with Crippen molar-refractivity contribution in [3.8, 4) is 0 Å². The summed E-state index contributed by atoms with van der Waals surface area (Å²) in [5, 5.41) is -1.26. The van der Waals surface area contributed by atoms with Gasteiger partial charge in [-0.3, -0.25) is 4.79 Å². The Morgan fingerprint density at radius 1 is 0.860 bits per heavy atom. The maximum absolute atomic E-state index is 13.6. The van der Waals surface area contributed by atoms with Crippen LogP contribution in [0.2, 0.25) is 0 Å². The lowest BCUT2D eigenvalue weighted by Crippen LogP contribution is -2.36. The molecule has 43 heavy (non-hydrogen) atoms. The highest BCUT2D eigenvalue weighted by Gasteiger charge is 2.33. The van der Waals surface area contributed by atoms with Crippen LogP contribution in [0.1, 0.15) is 61.7 Å². The van der Waals surface area contributed by atoms with Crippen LogP contribution in [-0.2, 0) is 35.6 Å². The van der Waals surface area contributed by atoms with E-state index in [1.54, 1.807) is 37.3 Å². The fraction of sp³-hybridized carbons (Fsp3) is 0.294. The first-order valence-corrected chi connectivity index (χ1v) is 15.5. The number of rotatable bonds is 15. The number of hydrogen-bond acceptors (Lipinski definition) is 7. The average molecular weight is 606 g/mol. The second-order valence-electron chi connectivity index (χ2n) is 10.2. The molecule has 0 radical (unpaired) electrons. The molecule has 9 heteroatoms. The van der Waals surface area contributed by atoms with Gasteiger partial charge in [-0.05, 0) is 55.2 Å². The molecule has 1 N–H and O–H groups in total. The number of carbonyl (C=O) groups is 2. The van der Waals surface area contributed by atoms with Crippen LogP contribution >= 0.6 is 0 Å². The lowest BCUT2D eigenvalue weighted by atomic mass is 10.0. The van der Waals surface area contributed by atoms with Gasteiger partial charge >= 0.3 is 11.9 Å². The molecule has 0 fully saturated rings. The number of carbonyl (C=O) groups excluding carboxylic acids is 2. The SMILES string of the molecule is C=C(COC(C)=O)C[C@H](O[C@@H](C)c1ccccc1)/C(C)=C(/OC(=O)c1ccccc1)[C@H](C)S(=O)(=O)NCc1ccccc1. The monoisotopic (exact) mass is 605 g/mol. The van der Waals surface area contributed by atoms with Gasteiger partial charge in [-0.25, -0.2) is 17.9 Å². The molecule has 3 aromatic rings. The Labute approximate surface area is 254 Å². The first-order valence-electron chi connectivity index (χ1n) is 14.0. The molecule has 0 aliphatic carbocycles. The molecule has 0 aliphatic rings. The Kier molecular flexibility index (Phi) is 12.4. The average Bonchev–Trinajstić information content (AvgIpc) is 3.02. The molecule has 3 rings (SSSR count). The summed E-state index contributed by atoms with van der Waals surface area (Å²) in [6, 6.07) is 27.0. The van der Waals surface area contributed by atoms with Gasteiger partial charge in [0.05, 0.1) is 17.8 Å². The van der Waals surface area contributed by atoms with Gasteiger partial charge in [0.1, 0.15) is 17.6 Å². The lowest BCUT2D eigenvalue weighted by Gasteiger charge is -2.28. The lowest BCUT2D eigenvalue weighted by molar-refractivity contribution is -0.140. The highest BCUT2D eigenvalue weighted by molar-refractivity contribution is 7.90. The molecule has 0 saturated carbocycles. The molecule has 8 nitrogen and oxygen atoms in total. The van der Waals surface area contributed by atoms with Crippen molar-refractivity contribution in [3.05, 3.63) is 131 Å². The Balaban J connectivity index is 2.02.